The fourth-order valence-corrected chi connectivity index (χ4v) is 5.46. The van der Waals surface area contributed by atoms with Gasteiger partial charge in [-0.05, 0) is 30.5 Å². The van der Waals surface area contributed by atoms with Gasteiger partial charge in [-0.15, -0.1) is 0 Å². The van der Waals surface area contributed by atoms with Crippen LogP contribution in [0.1, 0.15) is 153 Å². The summed E-state index contributed by atoms with van der Waals surface area (Å²) in [6.07, 6.45) is 30.9. The standard InChI is InChI=1S/C36H59NO2/c1-2-3-4-5-6-7-8-9-10-11-12-13-14-15-16-17-18-19-20-24-32-39-36(38)30-29-35-28-25-31-37(35)33-34-26-22-21-23-27-34/h21-23,25-28,31H,2-20,24,29-30,32-33H2,1H3. The summed E-state index contributed by atoms with van der Waals surface area (Å²) < 4.78 is 7.71. The molecule has 0 aliphatic carbocycles. The summed E-state index contributed by atoms with van der Waals surface area (Å²) in [6.45, 7) is 3.71. The van der Waals surface area contributed by atoms with Crippen LogP contribution in [0.15, 0.2) is 48.7 Å². The Balaban J connectivity index is 1.30. The molecule has 3 nitrogen and oxygen atoms in total. The molecule has 0 spiro atoms. The Hall–Kier alpha value is -2.03. The number of carbonyl (C=O) groups is 1. The fraction of sp³-hybridized carbons (Fsp3) is 0.694. The van der Waals surface area contributed by atoms with E-state index in [0.29, 0.717) is 13.0 Å². The summed E-state index contributed by atoms with van der Waals surface area (Å²) in [4.78, 5) is 12.2. The molecule has 0 aliphatic rings. The summed E-state index contributed by atoms with van der Waals surface area (Å²) in [5.41, 5.74) is 2.46. The molecule has 220 valence electrons. The van der Waals surface area contributed by atoms with Gasteiger partial charge in [-0.1, -0.05) is 159 Å². The van der Waals surface area contributed by atoms with E-state index in [9.17, 15) is 4.79 Å². The second-order valence-electron chi connectivity index (χ2n) is 11.6. The number of unbranched alkanes of at least 4 members (excludes halogenated alkanes) is 19. The number of benzene rings is 1. The monoisotopic (exact) mass is 537 g/mol. The Labute approximate surface area is 241 Å². The van der Waals surface area contributed by atoms with E-state index in [1.807, 2.05) is 6.07 Å². The lowest BCUT2D eigenvalue weighted by atomic mass is 10.0. The lowest BCUT2D eigenvalue weighted by Crippen LogP contribution is -2.09. The number of hydrogen-bond donors (Lipinski definition) is 0. The number of ether oxygens (including phenoxy) is 1. The Morgan fingerprint density at radius 3 is 1.62 bits per heavy atom. The molecule has 0 atom stereocenters. The van der Waals surface area contributed by atoms with E-state index in [4.69, 9.17) is 4.74 Å². The quantitative estimate of drug-likeness (QED) is 0.0882. The van der Waals surface area contributed by atoms with Crippen LogP contribution in [0.5, 0.6) is 0 Å². The first kappa shape index (κ1) is 33.2. The van der Waals surface area contributed by atoms with Crippen LogP contribution >= 0.6 is 0 Å². The molecule has 0 saturated carbocycles. The molecule has 0 unspecified atom stereocenters. The SMILES string of the molecule is CCCCCCCCCCCCCCCCCCCCCCOC(=O)CCc1cccn1Cc1ccccc1. The summed E-state index contributed by atoms with van der Waals surface area (Å²) in [7, 11) is 0. The molecule has 2 rings (SSSR count). The smallest absolute Gasteiger partial charge is 0.306 e. The van der Waals surface area contributed by atoms with Crippen LogP contribution in [0.2, 0.25) is 0 Å². The van der Waals surface area contributed by atoms with E-state index in [1.165, 1.54) is 133 Å². The van der Waals surface area contributed by atoms with Gasteiger partial charge in [0, 0.05) is 18.4 Å². The van der Waals surface area contributed by atoms with Crippen molar-refractivity contribution in [3.8, 4) is 0 Å². The van der Waals surface area contributed by atoms with Crippen LogP contribution in [-0.4, -0.2) is 17.1 Å². The van der Waals surface area contributed by atoms with Gasteiger partial charge in [0.05, 0.1) is 13.0 Å². The maximum absolute atomic E-state index is 12.2. The van der Waals surface area contributed by atoms with Crippen molar-refractivity contribution < 1.29 is 9.53 Å². The topological polar surface area (TPSA) is 31.2 Å². The van der Waals surface area contributed by atoms with Crippen LogP contribution in [0, 0.1) is 0 Å². The van der Waals surface area contributed by atoms with Gasteiger partial charge in [-0.3, -0.25) is 4.79 Å². The third kappa shape index (κ3) is 18.0. The van der Waals surface area contributed by atoms with Gasteiger partial charge < -0.3 is 9.30 Å². The number of hydrogen-bond acceptors (Lipinski definition) is 2. The van der Waals surface area contributed by atoms with Crippen LogP contribution in [0.25, 0.3) is 0 Å². The molecule has 1 aromatic carbocycles. The minimum absolute atomic E-state index is 0.0692. The zero-order valence-electron chi connectivity index (χ0n) is 25.4. The molecule has 2 aromatic rings. The highest BCUT2D eigenvalue weighted by molar-refractivity contribution is 5.69. The Morgan fingerprint density at radius 1 is 0.615 bits per heavy atom. The molecule has 1 aromatic heterocycles. The zero-order valence-corrected chi connectivity index (χ0v) is 25.4. The lowest BCUT2D eigenvalue weighted by molar-refractivity contribution is -0.143. The predicted molar refractivity (Wildman–Crippen MR) is 167 cm³/mol. The van der Waals surface area contributed by atoms with Crippen LogP contribution in [0.3, 0.4) is 0 Å². The summed E-state index contributed by atoms with van der Waals surface area (Å²) in [5.74, 6) is -0.0692. The molecule has 0 saturated heterocycles. The average molecular weight is 538 g/mol. The predicted octanol–water partition coefficient (Wildman–Crippen LogP) is 10.8. The van der Waals surface area contributed by atoms with E-state index in [-0.39, 0.29) is 5.97 Å². The molecule has 3 heteroatoms. The molecule has 0 N–H and O–H groups in total. The molecule has 0 amide bonds. The average Bonchev–Trinajstić information content (AvgIpc) is 3.40. The van der Waals surface area contributed by atoms with E-state index in [2.05, 4.69) is 54.1 Å². The Bertz CT molecular complexity index is 812. The van der Waals surface area contributed by atoms with Gasteiger partial charge in [0.15, 0.2) is 0 Å². The lowest BCUT2D eigenvalue weighted by Gasteiger charge is -2.10. The molecule has 0 fully saturated rings. The molecule has 1 heterocycles. The van der Waals surface area contributed by atoms with Crippen molar-refractivity contribution >= 4 is 5.97 Å². The number of nitrogens with zero attached hydrogens (tertiary/aromatic N) is 1. The van der Waals surface area contributed by atoms with E-state index in [1.54, 1.807) is 0 Å². The minimum atomic E-state index is -0.0692. The highest BCUT2D eigenvalue weighted by Gasteiger charge is 2.07. The van der Waals surface area contributed by atoms with Gasteiger partial charge in [0.2, 0.25) is 0 Å². The van der Waals surface area contributed by atoms with Crippen molar-refractivity contribution in [2.24, 2.45) is 0 Å². The summed E-state index contributed by atoms with van der Waals surface area (Å²) >= 11 is 0. The van der Waals surface area contributed by atoms with E-state index >= 15 is 0 Å². The molecular formula is C36H59NO2. The maximum Gasteiger partial charge on any atom is 0.306 e. The highest BCUT2D eigenvalue weighted by atomic mass is 16.5. The molecule has 0 bridgehead atoms. The van der Waals surface area contributed by atoms with Crippen LogP contribution in [0.4, 0.5) is 0 Å². The first-order valence-corrected chi connectivity index (χ1v) is 16.6. The molecule has 0 aliphatic heterocycles. The first-order chi connectivity index (χ1) is 19.3. The van der Waals surface area contributed by atoms with Crippen molar-refractivity contribution in [3.05, 3.63) is 59.9 Å². The fourth-order valence-electron chi connectivity index (χ4n) is 5.46. The zero-order chi connectivity index (χ0) is 27.6. The Morgan fingerprint density at radius 2 is 1.10 bits per heavy atom. The molecular weight excluding hydrogens is 478 g/mol. The third-order valence-electron chi connectivity index (χ3n) is 7.97. The van der Waals surface area contributed by atoms with Gasteiger partial charge >= 0.3 is 5.97 Å². The number of esters is 1. The van der Waals surface area contributed by atoms with Gasteiger partial charge in [-0.25, -0.2) is 0 Å². The van der Waals surface area contributed by atoms with Crippen LogP contribution < -0.4 is 0 Å². The van der Waals surface area contributed by atoms with Crippen molar-refractivity contribution in [2.75, 3.05) is 6.61 Å². The minimum Gasteiger partial charge on any atom is -0.466 e. The van der Waals surface area contributed by atoms with Gasteiger partial charge in [0.25, 0.3) is 0 Å². The summed E-state index contributed by atoms with van der Waals surface area (Å²) in [6, 6.07) is 14.6. The van der Waals surface area contributed by atoms with E-state index in [0.717, 1.165) is 19.4 Å². The van der Waals surface area contributed by atoms with Gasteiger partial charge in [-0.2, -0.15) is 0 Å². The third-order valence-corrected chi connectivity index (χ3v) is 7.97. The second kappa shape index (κ2) is 23.8. The van der Waals surface area contributed by atoms with Crippen molar-refractivity contribution in [1.82, 2.24) is 4.57 Å². The number of carbonyl (C=O) groups excluding carboxylic acids is 1. The number of rotatable bonds is 26. The first-order valence-electron chi connectivity index (χ1n) is 16.6. The van der Waals surface area contributed by atoms with Crippen molar-refractivity contribution in [2.45, 2.75) is 155 Å². The normalized spacial score (nSPS) is 11.2. The number of aromatic nitrogens is 1. The highest BCUT2D eigenvalue weighted by Crippen LogP contribution is 2.15. The summed E-state index contributed by atoms with van der Waals surface area (Å²) in [5, 5.41) is 0. The van der Waals surface area contributed by atoms with Crippen LogP contribution in [-0.2, 0) is 22.5 Å². The molecule has 39 heavy (non-hydrogen) atoms. The van der Waals surface area contributed by atoms with Crippen molar-refractivity contribution in [3.63, 3.8) is 0 Å². The van der Waals surface area contributed by atoms with Gasteiger partial charge in [0.1, 0.15) is 0 Å². The second-order valence-corrected chi connectivity index (χ2v) is 11.6. The van der Waals surface area contributed by atoms with Crippen molar-refractivity contribution in [1.29, 1.82) is 0 Å². The maximum atomic E-state index is 12.2. The molecule has 0 radical (unpaired) electrons. The van der Waals surface area contributed by atoms with E-state index < -0.39 is 0 Å². The largest absolute Gasteiger partial charge is 0.466 e. The Kier molecular flexibility index (Phi) is 20.3. The number of aryl methyl sites for hydroxylation is 1.